The summed E-state index contributed by atoms with van der Waals surface area (Å²) in [5, 5.41) is 36.4. The van der Waals surface area contributed by atoms with Crippen molar-refractivity contribution in [2.24, 2.45) is 35.5 Å². The Morgan fingerprint density at radius 1 is 0.558 bits per heavy atom. The minimum atomic E-state index is -1.65. The molecule has 0 bridgehead atoms. The molecule has 0 aromatic heterocycles. The lowest BCUT2D eigenvalue weighted by molar-refractivity contribution is -0.888. The molecule has 2 aliphatic heterocycles. The van der Waals surface area contributed by atoms with Crippen molar-refractivity contribution >= 4 is 65.0 Å². The molecule has 2 saturated heterocycles. The smallest absolute Gasteiger partial charge is 0.246 e. The summed E-state index contributed by atoms with van der Waals surface area (Å²) >= 11 is 0. The van der Waals surface area contributed by atoms with Gasteiger partial charge in [-0.05, 0) is 108 Å². The summed E-state index contributed by atoms with van der Waals surface area (Å²) in [7, 11) is 9.76. The maximum atomic E-state index is 15.2. The van der Waals surface area contributed by atoms with Crippen LogP contribution >= 0.6 is 0 Å². The third kappa shape index (κ3) is 24.3. The zero-order valence-corrected chi connectivity index (χ0v) is 61.7. The van der Waals surface area contributed by atoms with Crippen LogP contribution in [-0.4, -0.2) is 277 Å². The average molecular weight is 1350 g/mol. The van der Waals surface area contributed by atoms with Crippen molar-refractivity contribution in [1.29, 1.82) is 0 Å². The van der Waals surface area contributed by atoms with Gasteiger partial charge in [-0.25, -0.2) is 0 Å². The molecule has 0 aliphatic carbocycles. The molecule has 0 radical (unpaired) electrons. The quantitative estimate of drug-likeness (QED) is 0.0507. The average Bonchev–Trinajstić information content (AvgIpc) is 0.817. The Hall–Kier alpha value is -6.29. The van der Waals surface area contributed by atoms with Crippen LogP contribution in [0.25, 0.3) is 0 Å². The van der Waals surface area contributed by atoms with Gasteiger partial charge in [-0.1, -0.05) is 95.2 Å². The molecule has 0 aromatic rings. The summed E-state index contributed by atoms with van der Waals surface area (Å²) in [5.41, 5.74) is 0. The topological polar surface area (TPSA) is 320 Å². The van der Waals surface area contributed by atoms with Crippen molar-refractivity contribution in [2.45, 2.75) is 228 Å². The highest BCUT2D eigenvalue weighted by Gasteiger charge is 2.46. The lowest BCUT2D eigenvalue weighted by atomic mass is 9.91. The van der Waals surface area contributed by atoms with Gasteiger partial charge in [0.2, 0.25) is 65.0 Å². The lowest BCUT2D eigenvalue weighted by Crippen LogP contribution is -2.63. The van der Waals surface area contributed by atoms with Gasteiger partial charge in [0.25, 0.3) is 0 Å². The van der Waals surface area contributed by atoms with E-state index in [0.29, 0.717) is 45.7 Å². The summed E-state index contributed by atoms with van der Waals surface area (Å²) in [5.74, 6) is -10.3. The molecule has 2 aliphatic rings. The zero-order chi connectivity index (χ0) is 72.8. The number of allylic oxidation sites excluding steroid dienone is 2. The van der Waals surface area contributed by atoms with Crippen molar-refractivity contribution in [3.8, 4) is 0 Å². The summed E-state index contributed by atoms with van der Waals surface area (Å²) in [6, 6.07) is -13.0. The fraction of sp³-hybridized carbons (Fsp3) is 0.809. The first kappa shape index (κ1) is 84.8. The monoisotopic (exact) mass is 1350 g/mol. The molecule has 27 heteroatoms. The highest BCUT2D eigenvalue weighted by Crippen LogP contribution is 2.26. The van der Waals surface area contributed by atoms with Gasteiger partial charge >= 0.3 is 0 Å². The van der Waals surface area contributed by atoms with Crippen LogP contribution in [0.4, 0.5) is 0 Å². The Balaban J connectivity index is 2.98. The zero-order valence-electron chi connectivity index (χ0n) is 61.7. The number of nitrogens with zero attached hydrogens (tertiary/aromatic N) is 8. The molecule has 2 heterocycles. The lowest BCUT2D eigenvalue weighted by Gasteiger charge is -2.45. The van der Waals surface area contributed by atoms with Crippen LogP contribution in [0.5, 0.6) is 0 Å². The number of nitrogens with one attached hydrogen (secondary N) is 4. The highest BCUT2D eigenvalue weighted by atomic mass is 16.6. The van der Waals surface area contributed by atoms with Crippen LogP contribution in [0.3, 0.4) is 0 Å². The van der Waals surface area contributed by atoms with E-state index < -0.39 is 167 Å². The molecule has 13 atom stereocenters. The Bertz CT molecular complexity index is 2600. The molecule has 0 spiro atoms. The Kier molecular flexibility index (Phi) is 35.0. The van der Waals surface area contributed by atoms with E-state index in [0.717, 1.165) is 14.7 Å². The first-order valence-corrected chi connectivity index (χ1v) is 34.2. The fourth-order valence-electron chi connectivity index (χ4n) is 12.2. The standard InChI is InChI=1S/C68H122N12O15/c1-24-26-29-45(13)58(82)57-62(86)71-49(25-2)64(88)73(17)39-53(81)77(21)56(48(16)95-33-28-27-30-80(93)31-34-94-35-32-80)61(85)72-54(43(9)10)67(91)74(18)50(36-40(3)4)60(84)69-46(14)59(83)70-47(15)63(87)75(19)51(37-41(5)6)65(89)76(20)52(38-42(7)8)66(90)78(22)55(44(11)12)68(92)79(57)23/h24,26,40-52,54-58,82H,25,27-39H2,1-23H3,(H,69,84)(H,70,83)(H,71,86)(H,72,85)/t45-,46+,47-,48-,49+,50+,51+,52-,54+,55+,56+,57+,58-/m1/s1. The summed E-state index contributed by atoms with van der Waals surface area (Å²) in [6.07, 6.45) is 2.55. The van der Waals surface area contributed by atoms with Crippen molar-refractivity contribution in [3.05, 3.63) is 17.4 Å². The Morgan fingerprint density at radius 3 is 1.55 bits per heavy atom. The maximum absolute atomic E-state index is 15.2. The molecule has 11 amide bonds. The number of hydroxylamine groups is 3. The SMILES string of the molecule is CC=CC[C@@H](C)[C@@H](O)[C@H]1C(=O)N[C@@H](CC)C(=O)N(C)CC(=O)N(C)[C@@H]([C@@H](C)OCCCC[N+]2([O-])CCOCC2)C(=O)N[C@@H](C(C)C)C(=O)N(C)[C@@H](CC(C)C)C(=O)N[C@@H](C)C(=O)N[C@H](C)C(=O)N(C)[C@@H](CC(C)C)C(=O)N(C)[C@H](CC(C)C)C(=O)N(C)[C@@H](C(C)C)C(=O)N1C. The molecule has 2 fully saturated rings. The van der Waals surface area contributed by atoms with Gasteiger partial charge in [-0.3, -0.25) is 52.7 Å². The molecule has 0 saturated carbocycles. The van der Waals surface area contributed by atoms with Gasteiger partial charge in [0, 0.05) is 55.9 Å². The number of unbranched alkanes of at least 4 members (excludes halogenated alkanes) is 1. The molecule has 27 nitrogen and oxygen atoms in total. The summed E-state index contributed by atoms with van der Waals surface area (Å²) in [6.45, 7) is 28.7. The first-order valence-electron chi connectivity index (χ1n) is 34.2. The molecule has 5 N–H and O–H groups in total. The number of carbonyl (C=O) groups is 11. The van der Waals surface area contributed by atoms with Crippen LogP contribution in [0.15, 0.2) is 12.2 Å². The van der Waals surface area contributed by atoms with E-state index in [1.54, 1.807) is 67.5 Å². The number of quaternary nitrogens is 1. The van der Waals surface area contributed by atoms with Crippen LogP contribution < -0.4 is 21.3 Å². The Morgan fingerprint density at radius 2 is 1.04 bits per heavy atom. The van der Waals surface area contributed by atoms with Gasteiger partial charge in [-0.15, -0.1) is 0 Å². The normalized spacial score (nSPS) is 27.1. The number of carbonyl (C=O) groups excluding carboxylic acids is 11. The molecule has 0 aromatic carbocycles. The fourth-order valence-corrected chi connectivity index (χ4v) is 12.2. The summed E-state index contributed by atoms with van der Waals surface area (Å²) < 4.78 is 11.2. The number of aliphatic hydroxyl groups is 1. The third-order valence-electron chi connectivity index (χ3n) is 18.4. The van der Waals surface area contributed by atoms with E-state index in [-0.39, 0.29) is 56.5 Å². The van der Waals surface area contributed by atoms with Crippen LogP contribution in [0.2, 0.25) is 0 Å². The minimum Gasteiger partial charge on any atom is -0.633 e. The number of amides is 11. The number of likely N-dealkylation sites (N-methyl/N-ethyl adjacent to an activating group) is 7. The summed E-state index contributed by atoms with van der Waals surface area (Å²) in [4.78, 5) is 171. The molecular formula is C68H122N12O15. The van der Waals surface area contributed by atoms with E-state index in [9.17, 15) is 48.7 Å². The van der Waals surface area contributed by atoms with Crippen LogP contribution in [0.1, 0.15) is 156 Å². The van der Waals surface area contributed by atoms with Gasteiger partial charge in [0.05, 0.1) is 38.5 Å². The van der Waals surface area contributed by atoms with Gasteiger partial charge in [-0.2, -0.15) is 0 Å². The van der Waals surface area contributed by atoms with Gasteiger partial charge in [0.1, 0.15) is 73.5 Å². The number of hydrogen-bond acceptors (Lipinski definition) is 15. The first-order chi connectivity index (χ1) is 44.1. The van der Waals surface area contributed by atoms with Gasteiger partial charge in [0.15, 0.2) is 0 Å². The maximum Gasteiger partial charge on any atom is 0.246 e. The number of hydrogen-bond donors (Lipinski definition) is 5. The van der Waals surface area contributed by atoms with Crippen molar-refractivity contribution in [1.82, 2.24) is 55.6 Å². The van der Waals surface area contributed by atoms with E-state index in [1.807, 2.05) is 41.5 Å². The van der Waals surface area contributed by atoms with Gasteiger partial charge < -0.3 is 80.0 Å². The molecule has 544 valence electrons. The second-order valence-electron chi connectivity index (χ2n) is 28.5. The third-order valence-corrected chi connectivity index (χ3v) is 18.4. The number of aliphatic hydroxyl groups excluding tert-OH is 1. The molecular weight excluding hydrogens is 1220 g/mol. The molecule has 95 heavy (non-hydrogen) atoms. The minimum absolute atomic E-state index is 0.0211. The number of rotatable bonds is 20. The predicted octanol–water partition coefficient (Wildman–Crippen LogP) is 2.75. The second kappa shape index (κ2) is 39.2. The van der Waals surface area contributed by atoms with Crippen molar-refractivity contribution in [3.63, 3.8) is 0 Å². The molecule has 0 unspecified atom stereocenters. The largest absolute Gasteiger partial charge is 0.633 e. The van der Waals surface area contributed by atoms with Crippen molar-refractivity contribution in [2.75, 3.05) is 95.3 Å². The predicted molar refractivity (Wildman–Crippen MR) is 363 cm³/mol. The van der Waals surface area contributed by atoms with Crippen LogP contribution in [0, 0.1) is 40.7 Å². The van der Waals surface area contributed by atoms with E-state index in [1.165, 1.54) is 82.8 Å². The van der Waals surface area contributed by atoms with Crippen molar-refractivity contribution < 1.29 is 72.0 Å². The van der Waals surface area contributed by atoms with E-state index in [2.05, 4.69) is 21.3 Å². The second-order valence-corrected chi connectivity index (χ2v) is 28.5. The number of morpholine rings is 1. The highest BCUT2D eigenvalue weighted by molar-refractivity contribution is 5.99. The van der Waals surface area contributed by atoms with Crippen LogP contribution in [-0.2, 0) is 62.2 Å². The van der Waals surface area contributed by atoms with E-state index >= 15 is 14.4 Å². The molecule has 2 rings (SSSR count). The Labute approximate surface area is 567 Å². The van der Waals surface area contributed by atoms with E-state index in [4.69, 9.17) is 9.47 Å². The number of ether oxygens (including phenoxy) is 2.